The summed E-state index contributed by atoms with van der Waals surface area (Å²) in [5, 5.41) is 5.69. The molecule has 0 spiro atoms. The molecule has 2 amide bonds. The van der Waals surface area contributed by atoms with Gasteiger partial charge in [-0.3, -0.25) is 9.59 Å². The number of carbonyl (C=O) groups is 2. The molecule has 0 aromatic heterocycles. The second-order valence-corrected chi connectivity index (χ2v) is 16.0. The lowest BCUT2D eigenvalue weighted by molar-refractivity contribution is -0.121. The van der Waals surface area contributed by atoms with Crippen molar-refractivity contribution in [3.8, 4) is 0 Å². The molecule has 0 bridgehead atoms. The van der Waals surface area contributed by atoms with Crippen LogP contribution >= 0.6 is 79.6 Å². The fraction of sp³-hybridized carbons (Fsp3) is 0.846. The van der Waals surface area contributed by atoms with Gasteiger partial charge in [-0.15, -0.1) is 0 Å². The minimum Gasteiger partial charge on any atom is -0.354 e. The van der Waals surface area contributed by atoms with E-state index in [9.17, 15) is 9.59 Å². The zero-order valence-electron chi connectivity index (χ0n) is 12.4. The van der Waals surface area contributed by atoms with E-state index in [2.05, 4.69) is 90.3 Å². The third kappa shape index (κ3) is 12.7. The average molecular weight is 637 g/mol. The van der Waals surface area contributed by atoms with Crippen LogP contribution in [0.1, 0.15) is 45.4 Å². The topological polar surface area (TPSA) is 58.2 Å². The fourth-order valence-electron chi connectivity index (χ4n) is 1.62. The molecule has 0 unspecified atom stereocenters. The number of alkyl halides is 5. The number of nitrogens with one attached hydrogen (secondary N) is 2. The molecule has 0 aliphatic carbocycles. The van der Waals surface area contributed by atoms with E-state index in [1.54, 1.807) is 6.92 Å². The van der Waals surface area contributed by atoms with Crippen molar-refractivity contribution < 1.29 is 9.59 Å². The molecular weight excluding hydrogens is 616 g/mol. The van der Waals surface area contributed by atoms with Crippen molar-refractivity contribution in [2.75, 3.05) is 13.1 Å². The van der Waals surface area contributed by atoms with Gasteiger partial charge in [0.25, 0.3) is 5.91 Å². The largest absolute Gasteiger partial charge is 0.354 e. The summed E-state index contributed by atoms with van der Waals surface area (Å²) in [5.41, 5.74) is 0. The van der Waals surface area contributed by atoms with Gasteiger partial charge >= 0.3 is 0 Å². The smallest absolute Gasteiger partial charge is 0.258 e. The van der Waals surface area contributed by atoms with Crippen LogP contribution in [-0.2, 0) is 9.59 Å². The van der Waals surface area contributed by atoms with Crippen LogP contribution in [0.2, 0.25) is 0 Å². The summed E-state index contributed by atoms with van der Waals surface area (Å²) in [5.74, 6) is -0.182. The molecule has 0 aromatic carbocycles. The molecule has 0 aliphatic rings. The predicted octanol–water partition coefficient (Wildman–Crippen LogP) is 4.90. The lowest BCUT2D eigenvalue weighted by Gasteiger charge is -2.13. The lowest BCUT2D eigenvalue weighted by atomic mass is 10.1. The van der Waals surface area contributed by atoms with Gasteiger partial charge in [0.05, 0.1) is 0 Å². The van der Waals surface area contributed by atoms with Gasteiger partial charge in [-0.25, -0.2) is 0 Å². The zero-order valence-corrected chi connectivity index (χ0v) is 20.3. The zero-order chi connectivity index (χ0) is 17.2. The molecule has 4 nitrogen and oxygen atoms in total. The second-order valence-electron chi connectivity index (χ2n) is 5.02. The maximum atomic E-state index is 11.5. The van der Waals surface area contributed by atoms with Crippen molar-refractivity contribution >= 4 is 91.5 Å². The Morgan fingerprint density at radius 2 is 1.09 bits per heavy atom. The van der Waals surface area contributed by atoms with Crippen molar-refractivity contribution in [2.45, 2.75) is 50.8 Å². The highest BCUT2D eigenvalue weighted by Gasteiger charge is 2.27. The Labute approximate surface area is 174 Å². The summed E-state index contributed by atoms with van der Waals surface area (Å²) in [6.45, 7) is 3.13. The fourth-order valence-corrected chi connectivity index (χ4v) is 2.32. The van der Waals surface area contributed by atoms with Gasteiger partial charge in [0.2, 0.25) is 8.05 Å². The first-order valence-corrected chi connectivity index (χ1v) is 11.0. The molecule has 0 radical (unpaired) electrons. The second kappa shape index (κ2) is 11.8. The van der Waals surface area contributed by atoms with Crippen LogP contribution in [-0.4, -0.2) is 30.3 Å². The molecule has 0 saturated heterocycles. The molecule has 0 rings (SSSR count). The van der Waals surface area contributed by atoms with Gasteiger partial charge in [0.15, 0.2) is 3.23 Å². The molecule has 9 heteroatoms. The van der Waals surface area contributed by atoms with Gasteiger partial charge in [0.1, 0.15) is 0 Å². The predicted molar refractivity (Wildman–Crippen MR) is 109 cm³/mol. The van der Waals surface area contributed by atoms with Crippen molar-refractivity contribution in [1.82, 2.24) is 10.6 Å². The molecule has 0 heterocycles. The van der Waals surface area contributed by atoms with Crippen molar-refractivity contribution in [2.24, 2.45) is 0 Å². The van der Waals surface area contributed by atoms with E-state index >= 15 is 0 Å². The number of unbranched alkanes of at least 4 members (excludes halogenated alkanes) is 5. The Bertz CT molecular complexity index is 319. The lowest BCUT2D eigenvalue weighted by Crippen LogP contribution is -2.35. The van der Waals surface area contributed by atoms with Crippen LogP contribution in [0.4, 0.5) is 0 Å². The number of amides is 2. The minimum absolute atomic E-state index is 0.0512. The first kappa shape index (κ1) is 23.3. The van der Waals surface area contributed by atoms with Crippen LogP contribution in [0, 0.1) is 0 Å². The number of halogens is 5. The van der Waals surface area contributed by atoms with E-state index in [1.807, 2.05) is 0 Å². The third-order valence-electron chi connectivity index (χ3n) is 2.83. The van der Waals surface area contributed by atoms with Crippen molar-refractivity contribution in [1.29, 1.82) is 0 Å². The van der Waals surface area contributed by atoms with Gasteiger partial charge in [-0.1, -0.05) is 57.5 Å². The highest BCUT2D eigenvalue weighted by atomic mass is 80.0. The number of carbonyl (C=O) groups excluding carboxylic acids is 2. The molecular formula is C13H21Br5N2O2. The molecule has 22 heavy (non-hydrogen) atoms. The van der Waals surface area contributed by atoms with Crippen molar-refractivity contribution in [3.63, 3.8) is 0 Å². The summed E-state index contributed by atoms with van der Waals surface area (Å²) in [7, 11) is 0. The van der Waals surface area contributed by atoms with E-state index in [0.717, 1.165) is 38.5 Å². The van der Waals surface area contributed by atoms with Gasteiger partial charge in [0, 0.05) is 13.1 Å². The molecule has 0 saturated carbocycles. The first-order chi connectivity index (χ1) is 10.0. The average Bonchev–Trinajstić information content (AvgIpc) is 2.38. The number of hydrogen-bond donors (Lipinski definition) is 2. The Balaban J connectivity index is 3.38. The Morgan fingerprint density at radius 3 is 1.45 bits per heavy atom. The van der Waals surface area contributed by atoms with Gasteiger partial charge < -0.3 is 10.6 Å². The molecule has 0 fully saturated rings. The van der Waals surface area contributed by atoms with Crippen LogP contribution in [0.25, 0.3) is 0 Å². The molecule has 0 aromatic rings. The Kier molecular flexibility index (Phi) is 12.5. The van der Waals surface area contributed by atoms with Crippen LogP contribution < -0.4 is 10.6 Å². The number of rotatable bonds is 10. The highest BCUT2D eigenvalue weighted by molar-refractivity contribution is 9.40. The van der Waals surface area contributed by atoms with Crippen molar-refractivity contribution in [3.05, 3.63) is 0 Å². The summed E-state index contributed by atoms with van der Waals surface area (Å²) < 4.78 is -1.54. The van der Waals surface area contributed by atoms with E-state index < -0.39 is 5.38 Å². The van der Waals surface area contributed by atoms with Crippen LogP contribution in [0.5, 0.6) is 0 Å². The van der Waals surface area contributed by atoms with Crippen LogP contribution in [0.15, 0.2) is 0 Å². The SMILES string of the molecule is CC(Br)(Br)C(=O)NCCCCCCCCNC(=O)C(Br)(Br)Br. The van der Waals surface area contributed by atoms with E-state index in [-0.39, 0.29) is 11.8 Å². The molecule has 0 atom stereocenters. The molecule has 2 N–H and O–H groups in total. The summed E-state index contributed by atoms with van der Waals surface area (Å²) >= 11 is 16.0. The first-order valence-electron chi connectivity index (χ1n) is 7.06. The maximum absolute atomic E-state index is 11.5. The highest BCUT2D eigenvalue weighted by Crippen LogP contribution is 2.33. The standard InChI is InChI=1S/C13H21Br5N2O2/c1-12(14,15)10(21)19-8-6-4-2-3-5-7-9-20-11(22)13(16,17)18/h2-9H2,1H3,(H,19,21)(H,20,22). The van der Waals surface area contributed by atoms with E-state index in [1.165, 1.54) is 0 Å². The molecule has 130 valence electrons. The summed E-state index contributed by atoms with van der Waals surface area (Å²) in [4.78, 5) is 23.1. The minimum atomic E-state index is -0.863. The maximum Gasteiger partial charge on any atom is 0.258 e. The monoisotopic (exact) mass is 632 g/mol. The van der Waals surface area contributed by atoms with Crippen LogP contribution in [0.3, 0.4) is 0 Å². The summed E-state index contributed by atoms with van der Waals surface area (Å²) in [6.07, 6.45) is 6.42. The Hall–Kier alpha value is 1.34. The van der Waals surface area contributed by atoms with E-state index in [4.69, 9.17) is 0 Å². The summed E-state index contributed by atoms with van der Waals surface area (Å²) in [6, 6.07) is 0. The van der Waals surface area contributed by atoms with Gasteiger partial charge in [-0.2, -0.15) is 0 Å². The Morgan fingerprint density at radius 1 is 0.727 bits per heavy atom. The normalized spacial score (nSPS) is 12.1. The van der Waals surface area contributed by atoms with Gasteiger partial charge in [-0.05, 0) is 67.6 Å². The number of hydrogen-bond acceptors (Lipinski definition) is 2. The third-order valence-corrected chi connectivity index (χ3v) is 4.63. The van der Waals surface area contributed by atoms with E-state index in [0.29, 0.717) is 13.1 Å². The quantitative estimate of drug-likeness (QED) is 0.265. The molecule has 0 aliphatic heterocycles.